The van der Waals surface area contributed by atoms with Crippen molar-refractivity contribution in [3.05, 3.63) is 76.6 Å². The standard InChI is InChI=1S/C21H20ClN3O4/c1-14-19(20(22)25(24-14)12-15-8-4-3-5-9-15)21(27)29-13-18(26)23-16-10-6-7-11-17(16)28-2/h3-11H,12-13H2,1-2H3,(H,23,26). The Balaban J connectivity index is 1.64. The molecule has 0 fully saturated rings. The van der Waals surface area contributed by atoms with Crippen molar-refractivity contribution in [1.82, 2.24) is 9.78 Å². The number of amides is 1. The first-order valence-corrected chi connectivity index (χ1v) is 9.24. The quantitative estimate of drug-likeness (QED) is 0.597. The number of hydrogen-bond donors (Lipinski definition) is 1. The summed E-state index contributed by atoms with van der Waals surface area (Å²) in [5, 5.41) is 7.12. The summed E-state index contributed by atoms with van der Waals surface area (Å²) < 4.78 is 11.8. The van der Waals surface area contributed by atoms with Crippen LogP contribution >= 0.6 is 11.6 Å². The molecule has 29 heavy (non-hydrogen) atoms. The molecule has 1 heterocycles. The lowest BCUT2D eigenvalue weighted by atomic mass is 10.2. The van der Waals surface area contributed by atoms with Gasteiger partial charge in [0.2, 0.25) is 0 Å². The molecule has 0 saturated carbocycles. The lowest BCUT2D eigenvalue weighted by Gasteiger charge is -2.10. The fourth-order valence-corrected chi connectivity index (χ4v) is 3.10. The van der Waals surface area contributed by atoms with Crippen LogP contribution in [0.4, 0.5) is 5.69 Å². The lowest BCUT2D eigenvalue weighted by Crippen LogP contribution is -2.21. The van der Waals surface area contributed by atoms with Crippen molar-refractivity contribution in [3.63, 3.8) is 0 Å². The van der Waals surface area contributed by atoms with Gasteiger partial charge in [-0.1, -0.05) is 54.1 Å². The summed E-state index contributed by atoms with van der Waals surface area (Å²) in [4.78, 5) is 24.6. The average molecular weight is 414 g/mol. The van der Waals surface area contributed by atoms with Crippen LogP contribution < -0.4 is 10.1 Å². The van der Waals surface area contributed by atoms with Gasteiger partial charge in [0, 0.05) is 0 Å². The van der Waals surface area contributed by atoms with E-state index in [1.165, 1.54) is 11.8 Å². The van der Waals surface area contributed by atoms with E-state index in [9.17, 15) is 9.59 Å². The van der Waals surface area contributed by atoms with Gasteiger partial charge in [-0.2, -0.15) is 5.10 Å². The van der Waals surface area contributed by atoms with E-state index in [0.29, 0.717) is 23.7 Å². The van der Waals surface area contributed by atoms with Gasteiger partial charge in [0.15, 0.2) is 6.61 Å². The van der Waals surface area contributed by atoms with Gasteiger partial charge in [-0.3, -0.25) is 4.79 Å². The molecule has 0 aliphatic rings. The highest BCUT2D eigenvalue weighted by Crippen LogP contribution is 2.24. The number of anilines is 1. The maximum atomic E-state index is 12.5. The molecule has 0 aliphatic heterocycles. The smallest absolute Gasteiger partial charge is 0.343 e. The van der Waals surface area contributed by atoms with Crippen LogP contribution in [-0.4, -0.2) is 35.4 Å². The first-order valence-electron chi connectivity index (χ1n) is 8.86. The van der Waals surface area contributed by atoms with Gasteiger partial charge in [0.1, 0.15) is 16.5 Å². The lowest BCUT2D eigenvalue weighted by molar-refractivity contribution is -0.119. The predicted octanol–water partition coefficient (Wildman–Crippen LogP) is 3.70. The minimum absolute atomic E-state index is 0.146. The van der Waals surface area contributed by atoms with Crippen molar-refractivity contribution >= 4 is 29.2 Å². The third-order valence-corrected chi connectivity index (χ3v) is 4.54. The number of aryl methyl sites for hydroxylation is 1. The van der Waals surface area contributed by atoms with Crippen molar-refractivity contribution in [2.45, 2.75) is 13.5 Å². The highest BCUT2D eigenvalue weighted by Gasteiger charge is 2.22. The average Bonchev–Trinajstić information content (AvgIpc) is 3.00. The van der Waals surface area contributed by atoms with Crippen LogP contribution in [0.2, 0.25) is 5.15 Å². The van der Waals surface area contributed by atoms with Crippen molar-refractivity contribution in [1.29, 1.82) is 0 Å². The maximum Gasteiger partial charge on any atom is 0.343 e. The molecular formula is C21H20ClN3O4. The van der Waals surface area contributed by atoms with E-state index in [1.807, 2.05) is 30.3 Å². The summed E-state index contributed by atoms with van der Waals surface area (Å²) in [6, 6.07) is 16.6. The molecule has 1 amide bonds. The monoisotopic (exact) mass is 413 g/mol. The van der Waals surface area contributed by atoms with E-state index in [-0.39, 0.29) is 10.7 Å². The number of para-hydroxylation sites is 2. The van der Waals surface area contributed by atoms with Crippen LogP contribution in [0, 0.1) is 6.92 Å². The molecule has 3 aromatic rings. The van der Waals surface area contributed by atoms with E-state index >= 15 is 0 Å². The summed E-state index contributed by atoms with van der Waals surface area (Å²) in [6.45, 7) is 1.62. The zero-order valence-electron chi connectivity index (χ0n) is 16.0. The Bertz CT molecular complexity index is 1020. The van der Waals surface area contributed by atoms with E-state index in [4.69, 9.17) is 21.1 Å². The summed E-state index contributed by atoms with van der Waals surface area (Å²) in [5.74, 6) is -0.691. The molecule has 0 atom stereocenters. The molecule has 1 N–H and O–H groups in total. The molecular weight excluding hydrogens is 394 g/mol. The van der Waals surface area contributed by atoms with Gasteiger partial charge in [-0.25, -0.2) is 9.48 Å². The Kier molecular flexibility index (Phi) is 6.51. The van der Waals surface area contributed by atoms with Gasteiger partial charge in [0.05, 0.1) is 25.0 Å². The molecule has 2 aromatic carbocycles. The van der Waals surface area contributed by atoms with Crippen molar-refractivity contribution in [2.24, 2.45) is 0 Å². The first kappa shape index (κ1) is 20.4. The second kappa shape index (κ2) is 9.25. The molecule has 0 unspecified atom stereocenters. The third-order valence-electron chi connectivity index (χ3n) is 4.16. The van der Waals surface area contributed by atoms with Crippen LogP contribution in [0.25, 0.3) is 0 Å². The van der Waals surface area contributed by atoms with Crippen molar-refractivity contribution < 1.29 is 19.1 Å². The number of esters is 1. The highest BCUT2D eigenvalue weighted by atomic mass is 35.5. The van der Waals surface area contributed by atoms with Crippen LogP contribution in [0.5, 0.6) is 5.75 Å². The Labute approximate surface area is 173 Å². The second-order valence-electron chi connectivity index (χ2n) is 6.22. The van der Waals surface area contributed by atoms with Gasteiger partial charge in [-0.05, 0) is 24.6 Å². The summed E-state index contributed by atoms with van der Waals surface area (Å²) >= 11 is 6.34. The van der Waals surface area contributed by atoms with E-state index < -0.39 is 18.5 Å². The molecule has 150 valence electrons. The van der Waals surface area contributed by atoms with Crippen LogP contribution in [-0.2, 0) is 16.1 Å². The number of carbonyl (C=O) groups is 2. The molecule has 0 radical (unpaired) electrons. The Hall–Kier alpha value is -3.32. The Morgan fingerprint density at radius 1 is 1.10 bits per heavy atom. The van der Waals surface area contributed by atoms with Gasteiger partial charge < -0.3 is 14.8 Å². The minimum Gasteiger partial charge on any atom is -0.495 e. The summed E-state index contributed by atoms with van der Waals surface area (Å²) in [7, 11) is 1.50. The number of nitrogens with zero attached hydrogens (tertiary/aromatic N) is 2. The largest absolute Gasteiger partial charge is 0.495 e. The zero-order valence-corrected chi connectivity index (χ0v) is 16.8. The summed E-state index contributed by atoms with van der Waals surface area (Å²) in [5.41, 5.74) is 2.06. The Morgan fingerprint density at radius 2 is 1.79 bits per heavy atom. The molecule has 0 spiro atoms. The summed E-state index contributed by atoms with van der Waals surface area (Å²) in [6.07, 6.45) is 0. The van der Waals surface area contributed by atoms with Gasteiger partial charge >= 0.3 is 5.97 Å². The first-order chi connectivity index (χ1) is 14.0. The highest BCUT2D eigenvalue weighted by molar-refractivity contribution is 6.32. The fourth-order valence-electron chi connectivity index (χ4n) is 2.78. The number of halogens is 1. The number of aromatic nitrogens is 2. The molecule has 7 nitrogen and oxygen atoms in total. The molecule has 0 saturated heterocycles. The fraction of sp³-hybridized carbons (Fsp3) is 0.190. The minimum atomic E-state index is -0.706. The number of ether oxygens (including phenoxy) is 2. The third kappa shape index (κ3) is 4.94. The molecule has 0 aliphatic carbocycles. The molecule has 8 heteroatoms. The van der Waals surface area contributed by atoms with Crippen molar-refractivity contribution in [2.75, 3.05) is 19.0 Å². The maximum absolute atomic E-state index is 12.5. The normalized spacial score (nSPS) is 10.4. The number of carbonyl (C=O) groups excluding carboxylic acids is 2. The van der Waals surface area contributed by atoms with Crippen LogP contribution in [0.1, 0.15) is 21.6 Å². The Morgan fingerprint density at radius 3 is 2.52 bits per heavy atom. The molecule has 1 aromatic heterocycles. The molecule has 3 rings (SSSR count). The molecule has 0 bridgehead atoms. The van der Waals surface area contributed by atoms with E-state index in [1.54, 1.807) is 31.2 Å². The van der Waals surface area contributed by atoms with Gasteiger partial charge in [-0.15, -0.1) is 0 Å². The number of nitrogens with one attached hydrogen (secondary N) is 1. The van der Waals surface area contributed by atoms with E-state index in [0.717, 1.165) is 5.56 Å². The van der Waals surface area contributed by atoms with E-state index in [2.05, 4.69) is 10.4 Å². The SMILES string of the molecule is COc1ccccc1NC(=O)COC(=O)c1c(C)nn(Cc2ccccc2)c1Cl. The van der Waals surface area contributed by atoms with Crippen LogP contribution in [0.15, 0.2) is 54.6 Å². The topological polar surface area (TPSA) is 82.4 Å². The zero-order chi connectivity index (χ0) is 20.8. The van der Waals surface area contributed by atoms with Crippen LogP contribution in [0.3, 0.4) is 0 Å². The predicted molar refractivity (Wildman–Crippen MR) is 109 cm³/mol. The number of hydrogen-bond acceptors (Lipinski definition) is 5. The second-order valence-corrected chi connectivity index (χ2v) is 6.58. The number of rotatable bonds is 7. The number of benzene rings is 2. The van der Waals surface area contributed by atoms with Gasteiger partial charge in [0.25, 0.3) is 5.91 Å². The number of methoxy groups -OCH3 is 1. The van der Waals surface area contributed by atoms with Crippen molar-refractivity contribution in [3.8, 4) is 5.75 Å².